The summed E-state index contributed by atoms with van der Waals surface area (Å²) >= 11 is 5.05. The van der Waals surface area contributed by atoms with E-state index < -0.39 is 0 Å². The van der Waals surface area contributed by atoms with Crippen LogP contribution in [0.5, 0.6) is 5.88 Å². The normalized spacial score (nSPS) is 10.2. The van der Waals surface area contributed by atoms with Crippen LogP contribution >= 0.6 is 12.2 Å². The molecule has 20 heavy (non-hydrogen) atoms. The number of benzene rings is 1. The number of aryl methyl sites for hydroxylation is 2. The molecule has 0 unspecified atom stereocenters. The fourth-order valence-electron chi connectivity index (χ4n) is 2.03. The topological polar surface area (TPSA) is 48.1 Å². The van der Waals surface area contributed by atoms with Gasteiger partial charge in [-0.3, -0.25) is 0 Å². The van der Waals surface area contributed by atoms with Crippen LogP contribution in [0.2, 0.25) is 0 Å². The van der Waals surface area contributed by atoms with Crippen molar-refractivity contribution in [2.75, 3.05) is 6.61 Å². The van der Waals surface area contributed by atoms with Gasteiger partial charge >= 0.3 is 0 Å². The largest absolute Gasteiger partial charge is 0.477 e. The van der Waals surface area contributed by atoms with Crippen molar-refractivity contribution in [1.82, 2.24) is 4.98 Å². The number of aromatic nitrogens is 1. The Morgan fingerprint density at radius 3 is 2.70 bits per heavy atom. The van der Waals surface area contributed by atoms with Crippen molar-refractivity contribution in [3.63, 3.8) is 0 Å². The summed E-state index contributed by atoms with van der Waals surface area (Å²) in [5.41, 5.74) is 8.76. The first kappa shape index (κ1) is 14.5. The van der Waals surface area contributed by atoms with Crippen molar-refractivity contribution in [2.24, 2.45) is 5.73 Å². The molecule has 2 rings (SSSR count). The second-order valence-corrected chi connectivity index (χ2v) is 5.05. The lowest BCUT2D eigenvalue weighted by Gasteiger charge is -2.11. The van der Waals surface area contributed by atoms with Crippen LogP contribution in [0, 0.1) is 6.92 Å². The van der Waals surface area contributed by atoms with E-state index in [1.807, 2.05) is 31.2 Å². The van der Waals surface area contributed by atoms with Crippen molar-refractivity contribution >= 4 is 17.2 Å². The van der Waals surface area contributed by atoms with Crippen molar-refractivity contribution in [3.8, 4) is 5.88 Å². The number of ether oxygens (including phenoxy) is 1. The molecule has 3 nitrogen and oxygen atoms in total. The quantitative estimate of drug-likeness (QED) is 0.655. The fourth-order valence-corrected chi connectivity index (χ4v) is 2.28. The average Bonchev–Trinajstić information content (AvgIpc) is 2.44. The molecule has 0 amide bonds. The molecule has 1 heterocycles. The lowest BCUT2D eigenvalue weighted by atomic mass is 10.1. The van der Waals surface area contributed by atoms with E-state index in [1.165, 1.54) is 5.56 Å². The van der Waals surface area contributed by atoms with Crippen molar-refractivity contribution in [2.45, 2.75) is 19.8 Å². The Labute approximate surface area is 124 Å². The van der Waals surface area contributed by atoms with Crippen LogP contribution in [0.25, 0.3) is 0 Å². The first-order chi connectivity index (χ1) is 9.68. The van der Waals surface area contributed by atoms with Gasteiger partial charge < -0.3 is 10.5 Å². The van der Waals surface area contributed by atoms with Gasteiger partial charge in [0, 0.05) is 6.20 Å². The number of rotatable bonds is 6. The highest BCUT2D eigenvalue weighted by Crippen LogP contribution is 2.19. The lowest BCUT2D eigenvalue weighted by molar-refractivity contribution is 0.298. The molecule has 0 saturated carbocycles. The van der Waals surface area contributed by atoms with Crippen LogP contribution < -0.4 is 10.5 Å². The molecule has 4 heteroatoms. The smallest absolute Gasteiger partial charge is 0.223 e. The minimum absolute atomic E-state index is 0.327. The molecule has 1 aromatic heterocycles. The maximum Gasteiger partial charge on any atom is 0.223 e. The predicted molar refractivity (Wildman–Crippen MR) is 85.1 cm³/mol. The summed E-state index contributed by atoms with van der Waals surface area (Å²) < 4.78 is 5.72. The molecule has 104 valence electrons. The summed E-state index contributed by atoms with van der Waals surface area (Å²) in [5, 5.41) is 0. The maximum absolute atomic E-state index is 5.72. The molecule has 0 atom stereocenters. The van der Waals surface area contributed by atoms with E-state index in [-0.39, 0.29) is 0 Å². The van der Waals surface area contributed by atoms with E-state index in [9.17, 15) is 0 Å². The Hall–Kier alpha value is -1.94. The van der Waals surface area contributed by atoms with Crippen molar-refractivity contribution < 1.29 is 4.74 Å². The summed E-state index contributed by atoms with van der Waals surface area (Å²) in [6, 6.07) is 12.2. The van der Waals surface area contributed by atoms with Crippen LogP contribution in [0.4, 0.5) is 0 Å². The van der Waals surface area contributed by atoms with Crippen LogP contribution in [0.3, 0.4) is 0 Å². The highest BCUT2D eigenvalue weighted by molar-refractivity contribution is 7.80. The van der Waals surface area contributed by atoms with Crippen LogP contribution in [-0.4, -0.2) is 16.6 Å². The number of hydrogen-bond acceptors (Lipinski definition) is 3. The minimum atomic E-state index is 0.327. The van der Waals surface area contributed by atoms with Gasteiger partial charge in [-0.2, -0.15) is 0 Å². The monoisotopic (exact) mass is 286 g/mol. The summed E-state index contributed by atoms with van der Waals surface area (Å²) in [5.74, 6) is 0.533. The molecule has 0 aliphatic heterocycles. The van der Waals surface area contributed by atoms with E-state index in [0.717, 1.165) is 24.0 Å². The third-order valence-corrected chi connectivity index (χ3v) is 3.27. The highest BCUT2D eigenvalue weighted by Gasteiger charge is 2.10. The van der Waals surface area contributed by atoms with Crippen molar-refractivity contribution in [3.05, 3.63) is 59.3 Å². The zero-order valence-electron chi connectivity index (χ0n) is 11.5. The fraction of sp³-hybridized carbons (Fsp3) is 0.250. The van der Waals surface area contributed by atoms with Gasteiger partial charge in [-0.15, -0.1) is 0 Å². The zero-order valence-corrected chi connectivity index (χ0v) is 12.3. The number of nitrogens with zero attached hydrogens (tertiary/aromatic N) is 1. The number of pyridine rings is 1. The summed E-state index contributed by atoms with van der Waals surface area (Å²) in [6.07, 6.45) is 3.62. The van der Waals surface area contributed by atoms with Gasteiger partial charge in [0.15, 0.2) is 0 Å². The van der Waals surface area contributed by atoms with E-state index in [4.69, 9.17) is 22.7 Å². The van der Waals surface area contributed by atoms with Crippen LogP contribution in [0.15, 0.2) is 42.6 Å². The van der Waals surface area contributed by atoms with E-state index >= 15 is 0 Å². The Bertz CT molecular complexity index is 584. The summed E-state index contributed by atoms with van der Waals surface area (Å²) in [6.45, 7) is 2.55. The molecule has 0 aliphatic rings. The molecule has 0 bridgehead atoms. The van der Waals surface area contributed by atoms with Gasteiger partial charge in [0.1, 0.15) is 4.99 Å². The Morgan fingerprint density at radius 2 is 2.00 bits per heavy atom. The molecule has 2 aromatic rings. The molecule has 0 radical (unpaired) electrons. The third kappa shape index (κ3) is 3.78. The molecular weight excluding hydrogens is 268 g/mol. The van der Waals surface area contributed by atoms with Gasteiger partial charge in [0.25, 0.3) is 0 Å². The molecule has 0 aliphatic carbocycles. The van der Waals surface area contributed by atoms with E-state index in [1.54, 1.807) is 6.20 Å². The molecule has 0 spiro atoms. The van der Waals surface area contributed by atoms with Gasteiger partial charge in [-0.25, -0.2) is 4.98 Å². The first-order valence-corrected chi connectivity index (χ1v) is 7.01. The number of hydrogen-bond donors (Lipinski definition) is 1. The second-order valence-electron chi connectivity index (χ2n) is 4.61. The zero-order chi connectivity index (χ0) is 14.4. The van der Waals surface area contributed by atoms with Gasteiger partial charge in [0.05, 0.1) is 12.2 Å². The Morgan fingerprint density at radius 1 is 1.25 bits per heavy atom. The molecule has 1 aromatic carbocycles. The minimum Gasteiger partial charge on any atom is -0.477 e. The molecule has 2 N–H and O–H groups in total. The first-order valence-electron chi connectivity index (χ1n) is 6.60. The number of nitrogens with two attached hydrogens (primary N) is 1. The average molecular weight is 286 g/mol. The predicted octanol–water partition coefficient (Wildman–Crippen LogP) is 3.04. The summed E-state index contributed by atoms with van der Waals surface area (Å²) in [7, 11) is 0. The highest BCUT2D eigenvalue weighted by atomic mass is 32.1. The van der Waals surface area contributed by atoms with E-state index in [0.29, 0.717) is 17.5 Å². The second kappa shape index (κ2) is 7.01. The molecular formula is C16H18N2OS. The van der Waals surface area contributed by atoms with Crippen LogP contribution in [0.1, 0.15) is 23.1 Å². The third-order valence-electron chi connectivity index (χ3n) is 3.06. The summed E-state index contributed by atoms with van der Waals surface area (Å²) in [4.78, 5) is 4.54. The number of thiocarbonyl (C=S) groups is 1. The van der Waals surface area contributed by atoms with Gasteiger partial charge in [-0.1, -0.05) is 42.5 Å². The van der Waals surface area contributed by atoms with Crippen molar-refractivity contribution in [1.29, 1.82) is 0 Å². The SMILES string of the molecule is Cc1ccnc(OCCCc2ccccc2)c1C(N)=S. The van der Waals surface area contributed by atoms with Gasteiger partial charge in [0.2, 0.25) is 5.88 Å². The Kier molecular flexibility index (Phi) is 5.07. The van der Waals surface area contributed by atoms with Gasteiger partial charge in [-0.05, 0) is 37.0 Å². The molecule has 0 saturated heterocycles. The van der Waals surface area contributed by atoms with E-state index in [2.05, 4.69) is 17.1 Å². The molecule has 0 fully saturated rings. The lowest BCUT2D eigenvalue weighted by Crippen LogP contribution is -2.15. The van der Waals surface area contributed by atoms with Crippen LogP contribution in [-0.2, 0) is 6.42 Å². The Balaban J connectivity index is 1.92. The standard InChI is InChI=1S/C16H18N2OS/c1-12-9-10-18-16(14(12)15(17)20)19-11-5-8-13-6-3-2-4-7-13/h2-4,6-7,9-10H,5,8,11H2,1H3,(H2,17,20). The maximum atomic E-state index is 5.72.